The van der Waals surface area contributed by atoms with Crippen molar-refractivity contribution in [2.75, 3.05) is 40.0 Å². The first kappa shape index (κ1) is 18.9. The van der Waals surface area contributed by atoms with Crippen molar-refractivity contribution in [3.05, 3.63) is 0 Å². The summed E-state index contributed by atoms with van der Waals surface area (Å²) >= 11 is 4.00. The van der Waals surface area contributed by atoms with Crippen LogP contribution in [0.2, 0.25) is 0 Å². The van der Waals surface area contributed by atoms with E-state index < -0.39 is 5.92 Å². The third-order valence-corrected chi connectivity index (χ3v) is 3.03. The molecule has 0 aromatic heterocycles. The zero-order chi connectivity index (χ0) is 15.5. The molecule has 0 rings (SSSR count). The molecule has 0 aliphatic heterocycles. The standard InChI is InChI=1S/C13H25N3O3S/c1-14-12(18)9-10(8-11(17)4-7-20)13(19)15-5-6-16(2)3/h10,20H,4-9H2,1-3H3,(H,14,18)(H,15,19). The highest BCUT2D eigenvalue weighted by Crippen LogP contribution is 2.11. The highest BCUT2D eigenvalue weighted by Gasteiger charge is 2.23. The summed E-state index contributed by atoms with van der Waals surface area (Å²) in [4.78, 5) is 37.0. The Labute approximate surface area is 126 Å². The van der Waals surface area contributed by atoms with Crippen molar-refractivity contribution in [1.29, 1.82) is 0 Å². The number of ketones is 1. The van der Waals surface area contributed by atoms with Crippen LogP contribution in [0.25, 0.3) is 0 Å². The first-order valence-electron chi connectivity index (χ1n) is 6.66. The highest BCUT2D eigenvalue weighted by molar-refractivity contribution is 7.80. The molecule has 0 fully saturated rings. The molecular weight excluding hydrogens is 278 g/mol. The average molecular weight is 303 g/mol. The summed E-state index contributed by atoms with van der Waals surface area (Å²) in [7, 11) is 5.33. The molecule has 2 amide bonds. The molecule has 0 radical (unpaired) electrons. The molecule has 0 bridgehead atoms. The van der Waals surface area contributed by atoms with E-state index in [4.69, 9.17) is 0 Å². The van der Waals surface area contributed by atoms with Crippen molar-refractivity contribution >= 4 is 30.2 Å². The summed E-state index contributed by atoms with van der Waals surface area (Å²) in [6, 6.07) is 0. The van der Waals surface area contributed by atoms with E-state index in [1.54, 1.807) is 0 Å². The number of hydrogen-bond acceptors (Lipinski definition) is 5. The van der Waals surface area contributed by atoms with Gasteiger partial charge in [-0.3, -0.25) is 14.4 Å². The Kier molecular flexibility index (Phi) is 10.1. The average Bonchev–Trinajstić information content (AvgIpc) is 2.37. The summed E-state index contributed by atoms with van der Waals surface area (Å²) in [6.07, 6.45) is 0.433. The number of thiol groups is 1. The topological polar surface area (TPSA) is 78.5 Å². The first-order chi connectivity index (χ1) is 9.40. The van der Waals surface area contributed by atoms with Crippen molar-refractivity contribution in [1.82, 2.24) is 15.5 Å². The molecule has 1 unspecified atom stereocenters. The Hall–Kier alpha value is -1.08. The number of nitrogens with one attached hydrogen (secondary N) is 2. The lowest BCUT2D eigenvalue weighted by Gasteiger charge is -2.16. The fraction of sp³-hybridized carbons (Fsp3) is 0.769. The summed E-state index contributed by atoms with van der Waals surface area (Å²) in [6.45, 7) is 1.21. The number of hydrogen-bond donors (Lipinski definition) is 3. The van der Waals surface area contributed by atoms with Crippen LogP contribution < -0.4 is 10.6 Å². The molecule has 0 saturated heterocycles. The Balaban J connectivity index is 4.45. The first-order valence-corrected chi connectivity index (χ1v) is 7.29. The van der Waals surface area contributed by atoms with Crippen LogP contribution >= 0.6 is 12.6 Å². The summed E-state index contributed by atoms with van der Waals surface area (Å²) in [5.74, 6) is -0.686. The van der Waals surface area contributed by atoms with Gasteiger partial charge < -0.3 is 15.5 Å². The van der Waals surface area contributed by atoms with Crippen LogP contribution in [0.15, 0.2) is 0 Å². The smallest absolute Gasteiger partial charge is 0.224 e. The SMILES string of the molecule is CNC(=O)CC(CC(=O)CCS)C(=O)NCCN(C)C. The van der Waals surface area contributed by atoms with Gasteiger partial charge in [-0.15, -0.1) is 0 Å². The number of rotatable bonds is 10. The molecule has 1 atom stereocenters. The quantitative estimate of drug-likeness (QED) is 0.484. The lowest BCUT2D eigenvalue weighted by atomic mass is 9.96. The molecule has 0 heterocycles. The molecule has 0 aromatic rings. The van der Waals surface area contributed by atoms with Crippen LogP contribution in [0.4, 0.5) is 0 Å². The van der Waals surface area contributed by atoms with Crippen LogP contribution in [-0.2, 0) is 14.4 Å². The third-order valence-electron chi connectivity index (χ3n) is 2.80. The molecule has 0 aliphatic carbocycles. The minimum Gasteiger partial charge on any atom is -0.359 e. The van der Waals surface area contributed by atoms with Crippen LogP contribution in [0, 0.1) is 5.92 Å². The molecule has 0 aliphatic rings. The van der Waals surface area contributed by atoms with Gasteiger partial charge in [0.15, 0.2) is 0 Å². The number of nitrogens with zero attached hydrogens (tertiary/aromatic N) is 1. The monoisotopic (exact) mass is 303 g/mol. The van der Waals surface area contributed by atoms with Gasteiger partial charge >= 0.3 is 0 Å². The maximum absolute atomic E-state index is 12.0. The van der Waals surface area contributed by atoms with Crippen molar-refractivity contribution in [3.8, 4) is 0 Å². The maximum atomic E-state index is 12.0. The van der Waals surface area contributed by atoms with Gasteiger partial charge in [-0.2, -0.15) is 12.6 Å². The molecule has 0 aromatic carbocycles. The lowest BCUT2D eigenvalue weighted by Crippen LogP contribution is -2.38. The Morgan fingerprint density at radius 1 is 1.20 bits per heavy atom. The fourth-order valence-corrected chi connectivity index (χ4v) is 1.88. The van der Waals surface area contributed by atoms with Gasteiger partial charge in [-0.25, -0.2) is 0 Å². The van der Waals surface area contributed by atoms with E-state index in [0.717, 1.165) is 0 Å². The number of likely N-dealkylation sites (N-methyl/N-ethyl adjacent to an activating group) is 1. The predicted octanol–water partition coefficient (Wildman–Crippen LogP) is -0.304. The van der Waals surface area contributed by atoms with Gasteiger partial charge in [0.05, 0.1) is 5.92 Å². The lowest BCUT2D eigenvalue weighted by molar-refractivity contribution is -0.132. The van der Waals surface area contributed by atoms with E-state index in [1.165, 1.54) is 7.05 Å². The molecule has 7 heteroatoms. The van der Waals surface area contributed by atoms with E-state index in [2.05, 4.69) is 23.3 Å². The number of carbonyl (C=O) groups excluding carboxylic acids is 3. The number of amides is 2. The van der Waals surface area contributed by atoms with E-state index in [9.17, 15) is 14.4 Å². The maximum Gasteiger partial charge on any atom is 0.224 e. The summed E-state index contributed by atoms with van der Waals surface area (Å²) in [5.41, 5.74) is 0. The van der Waals surface area contributed by atoms with Gasteiger partial charge in [-0.05, 0) is 19.8 Å². The second-order valence-electron chi connectivity index (χ2n) is 4.88. The molecule has 2 N–H and O–H groups in total. The molecule has 20 heavy (non-hydrogen) atoms. The zero-order valence-electron chi connectivity index (χ0n) is 12.4. The van der Waals surface area contributed by atoms with E-state index in [0.29, 0.717) is 25.3 Å². The van der Waals surface area contributed by atoms with Gasteiger partial charge in [-0.1, -0.05) is 0 Å². The fourth-order valence-electron chi connectivity index (χ4n) is 1.63. The molecule has 6 nitrogen and oxygen atoms in total. The second kappa shape index (κ2) is 10.7. The normalized spacial score (nSPS) is 12.1. The van der Waals surface area contributed by atoms with E-state index in [-0.39, 0.29) is 30.4 Å². The molecule has 116 valence electrons. The van der Waals surface area contributed by atoms with Crippen molar-refractivity contribution < 1.29 is 14.4 Å². The zero-order valence-corrected chi connectivity index (χ0v) is 13.3. The van der Waals surface area contributed by atoms with E-state index in [1.807, 2.05) is 19.0 Å². The van der Waals surface area contributed by atoms with Gasteiger partial charge in [0.25, 0.3) is 0 Å². The number of carbonyl (C=O) groups is 3. The van der Waals surface area contributed by atoms with Crippen LogP contribution in [-0.4, -0.2) is 62.5 Å². The minimum atomic E-state index is -0.607. The van der Waals surface area contributed by atoms with Crippen molar-refractivity contribution in [2.24, 2.45) is 5.92 Å². The van der Waals surface area contributed by atoms with Crippen molar-refractivity contribution in [3.63, 3.8) is 0 Å². The molecular formula is C13H25N3O3S. The van der Waals surface area contributed by atoms with Crippen molar-refractivity contribution in [2.45, 2.75) is 19.3 Å². The number of Topliss-reactive ketones (excluding diaryl/α,β-unsaturated/α-hetero) is 1. The predicted molar refractivity (Wildman–Crippen MR) is 81.8 cm³/mol. The molecule has 0 spiro atoms. The summed E-state index contributed by atoms with van der Waals surface area (Å²) in [5, 5.41) is 5.24. The largest absolute Gasteiger partial charge is 0.359 e. The van der Waals surface area contributed by atoms with Crippen LogP contribution in [0.3, 0.4) is 0 Å². The Bertz CT molecular complexity index is 335. The van der Waals surface area contributed by atoms with Gasteiger partial charge in [0.1, 0.15) is 5.78 Å². The second-order valence-corrected chi connectivity index (χ2v) is 5.33. The summed E-state index contributed by atoms with van der Waals surface area (Å²) < 4.78 is 0. The molecule has 0 saturated carbocycles. The van der Waals surface area contributed by atoms with Crippen LogP contribution in [0.5, 0.6) is 0 Å². The third kappa shape index (κ3) is 8.92. The minimum absolute atomic E-state index is 0.0304. The Morgan fingerprint density at radius 3 is 2.35 bits per heavy atom. The highest BCUT2D eigenvalue weighted by atomic mass is 32.1. The Morgan fingerprint density at radius 2 is 1.85 bits per heavy atom. The van der Waals surface area contributed by atoms with E-state index >= 15 is 0 Å². The van der Waals surface area contributed by atoms with Crippen LogP contribution in [0.1, 0.15) is 19.3 Å². The van der Waals surface area contributed by atoms with Gasteiger partial charge in [0.2, 0.25) is 11.8 Å². The van der Waals surface area contributed by atoms with Gasteiger partial charge in [0, 0.05) is 39.4 Å².